The summed E-state index contributed by atoms with van der Waals surface area (Å²) in [5.41, 5.74) is 0.189. The van der Waals surface area contributed by atoms with Gasteiger partial charge in [0.1, 0.15) is 0 Å². The van der Waals surface area contributed by atoms with Gasteiger partial charge >= 0.3 is 0 Å². The number of aliphatic hydroxyl groups excluding tert-OH is 1. The topological polar surface area (TPSA) is 29.5 Å². The number of ether oxygens (including phenoxy) is 1. The highest BCUT2D eigenvalue weighted by atomic mass is 16.5. The lowest BCUT2D eigenvalue weighted by Crippen LogP contribution is -2.32. The van der Waals surface area contributed by atoms with E-state index in [0.29, 0.717) is 0 Å². The van der Waals surface area contributed by atoms with Crippen LogP contribution in [-0.4, -0.2) is 23.4 Å². The summed E-state index contributed by atoms with van der Waals surface area (Å²) in [5.74, 6) is 1.51. The van der Waals surface area contributed by atoms with Crippen molar-refractivity contribution in [1.29, 1.82) is 0 Å². The van der Waals surface area contributed by atoms with Crippen LogP contribution in [0.3, 0.4) is 0 Å². The largest absolute Gasteiger partial charge is 0.394 e. The van der Waals surface area contributed by atoms with Gasteiger partial charge in [-0.15, -0.1) is 0 Å². The quantitative estimate of drug-likeness (QED) is 0.745. The molecule has 2 bridgehead atoms. The van der Waals surface area contributed by atoms with Crippen molar-refractivity contribution >= 4 is 0 Å². The predicted octanol–water partition coefficient (Wildman–Crippen LogP) is 2.99. The van der Waals surface area contributed by atoms with Crippen LogP contribution >= 0.6 is 0 Å². The summed E-state index contributed by atoms with van der Waals surface area (Å²) in [5, 5.41) is 9.48. The van der Waals surface area contributed by atoms with E-state index in [1.165, 1.54) is 12.8 Å². The Labute approximate surface area is 99.4 Å². The molecule has 2 rings (SSSR count). The van der Waals surface area contributed by atoms with Gasteiger partial charge in [0.15, 0.2) is 0 Å². The number of rotatable bonds is 1. The summed E-state index contributed by atoms with van der Waals surface area (Å²) in [6.45, 7) is 9.40. The Kier molecular flexibility index (Phi) is 3.09. The van der Waals surface area contributed by atoms with Crippen molar-refractivity contribution < 1.29 is 9.84 Å². The van der Waals surface area contributed by atoms with E-state index in [9.17, 15) is 5.11 Å². The monoisotopic (exact) mass is 226 g/mol. The molecule has 5 atom stereocenters. The molecule has 0 aromatic heterocycles. The minimum Gasteiger partial charge on any atom is -0.394 e. The van der Waals surface area contributed by atoms with Crippen molar-refractivity contribution in [3.05, 3.63) is 0 Å². The highest BCUT2D eigenvalue weighted by molar-refractivity contribution is 5.01. The van der Waals surface area contributed by atoms with Crippen LogP contribution in [0.1, 0.15) is 53.4 Å². The van der Waals surface area contributed by atoms with Crippen LogP contribution in [-0.2, 0) is 4.74 Å². The van der Waals surface area contributed by atoms with Gasteiger partial charge in [-0.2, -0.15) is 0 Å². The minimum atomic E-state index is -0.00373. The summed E-state index contributed by atoms with van der Waals surface area (Å²) in [6.07, 6.45) is 4.77. The second kappa shape index (κ2) is 3.99. The van der Waals surface area contributed by atoms with Crippen LogP contribution in [0.5, 0.6) is 0 Å². The average molecular weight is 226 g/mol. The van der Waals surface area contributed by atoms with E-state index in [1.807, 2.05) is 0 Å². The summed E-state index contributed by atoms with van der Waals surface area (Å²) in [6, 6.07) is 0. The van der Waals surface area contributed by atoms with Crippen molar-refractivity contribution in [3.8, 4) is 0 Å². The van der Waals surface area contributed by atoms with Crippen molar-refractivity contribution in [2.75, 3.05) is 6.61 Å². The molecule has 2 heteroatoms. The van der Waals surface area contributed by atoms with Crippen LogP contribution in [0.4, 0.5) is 0 Å². The number of hydrogen-bond donors (Lipinski definition) is 1. The van der Waals surface area contributed by atoms with Gasteiger partial charge in [0.25, 0.3) is 0 Å². The van der Waals surface area contributed by atoms with Crippen molar-refractivity contribution in [3.63, 3.8) is 0 Å². The normalized spacial score (nSPS) is 53.4. The molecule has 0 spiro atoms. The van der Waals surface area contributed by atoms with Gasteiger partial charge in [-0.1, -0.05) is 20.8 Å². The average Bonchev–Trinajstić information content (AvgIpc) is 2.46. The molecule has 1 aliphatic carbocycles. The Balaban J connectivity index is 2.23. The third-order valence-corrected chi connectivity index (χ3v) is 5.04. The maximum Gasteiger partial charge on any atom is 0.0867 e. The molecule has 0 aromatic rings. The van der Waals surface area contributed by atoms with Crippen molar-refractivity contribution in [1.82, 2.24) is 0 Å². The second-order valence-electron chi connectivity index (χ2n) is 6.77. The Morgan fingerprint density at radius 3 is 2.56 bits per heavy atom. The SMILES string of the molecule is CC1CCC2(C)CC(C)(CC1C)OC2CO. The van der Waals surface area contributed by atoms with Crippen LogP contribution in [0, 0.1) is 17.3 Å². The second-order valence-corrected chi connectivity index (χ2v) is 6.77. The fraction of sp³-hybridized carbons (Fsp3) is 1.00. The van der Waals surface area contributed by atoms with Gasteiger partial charge in [0.05, 0.1) is 18.3 Å². The van der Waals surface area contributed by atoms with Crippen LogP contribution in [0.15, 0.2) is 0 Å². The summed E-state index contributed by atoms with van der Waals surface area (Å²) in [7, 11) is 0. The van der Waals surface area contributed by atoms with Gasteiger partial charge in [0.2, 0.25) is 0 Å². The summed E-state index contributed by atoms with van der Waals surface area (Å²) >= 11 is 0. The maximum atomic E-state index is 9.48. The number of fused-ring (bicyclic) bond motifs is 2. The van der Waals surface area contributed by atoms with Gasteiger partial charge < -0.3 is 9.84 Å². The lowest BCUT2D eigenvalue weighted by atomic mass is 9.68. The zero-order chi connectivity index (χ0) is 12.0. The molecule has 94 valence electrons. The Morgan fingerprint density at radius 2 is 1.94 bits per heavy atom. The molecule has 16 heavy (non-hydrogen) atoms. The van der Waals surface area contributed by atoms with Crippen LogP contribution in [0.25, 0.3) is 0 Å². The molecule has 0 radical (unpaired) electrons. The molecule has 2 fully saturated rings. The maximum absolute atomic E-state index is 9.48. The molecule has 0 amide bonds. The molecule has 5 unspecified atom stereocenters. The molecule has 1 aliphatic heterocycles. The first-order chi connectivity index (χ1) is 7.38. The molecule has 2 aliphatic rings. The highest BCUT2D eigenvalue weighted by Gasteiger charge is 2.52. The first-order valence-electron chi connectivity index (χ1n) is 6.67. The first-order valence-corrected chi connectivity index (χ1v) is 6.67. The van der Waals surface area contributed by atoms with Crippen molar-refractivity contribution in [2.45, 2.75) is 65.1 Å². The summed E-state index contributed by atoms with van der Waals surface area (Å²) in [4.78, 5) is 0. The standard InChI is InChI=1S/C14H26O2/c1-10-5-6-13(3)9-14(4,7-11(10)2)16-12(13)8-15/h10-12,15H,5-9H2,1-4H3. The smallest absolute Gasteiger partial charge is 0.0867 e. The molecule has 0 aromatic carbocycles. The molecular formula is C14H26O2. The van der Waals surface area contributed by atoms with Crippen LogP contribution < -0.4 is 0 Å². The van der Waals surface area contributed by atoms with Gasteiger partial charge in [-0.05, 0) is 49.9 Å². The lowest BCUT2D eigenvalue weighted by Gasteiger charge is -2.35. The van der Waals surface area contributed by atoms with Gasteiger partial charge in [-0.25, -0.2) is 0 Å². The van der Waals surface area contributed by atoms with Crippen molar-refractivity contribution in [2.24, 2.45) is 17.3 Å². The Morgan fingerprint density at radius 1 is 1.25 bits per heavy atom. The van der Waals surface area contributed by atoms with E-state index in [1.54, 1.807) is 0 Å². The molecule has 1 saturated heterocycles. The fourth-order valence-corrected chi connectivity index (χ4v) is 3.85. The Bertz CT molecular complexity index is 261. The third kappa shape index (κ3) is 2.02. The first kappa shape index (κ1) is 12.4. The minimum absolute atomic E-state index is 0.00373. The van der Waals surface area contributed by atoms with E-state index < -0.39 is 0 Å². The highest BCUT2D eigenvalue weighted by Crippen LogP contribution is 2.52. The number of aliphatic hydroxyl groups is 1. The molecule has 1 N–H and O–H groups in total. The molecule has 1 saturated carbocycles. The molecule has 1 heterocycles. The van der Waals surface area contributed by atoms with E-state index in [0.717, 1.165) is 24.7 Å². The third-order valence-electron chi connectivity index (χ3n) is 5.04. The lowest BCUT2D eigenvalue weighted by molar-refractivity contribution is -0.0714. The Hall–Kier alpha value is -0.0800. The van der Waals surface area contributed by atoms with Gasteiger partial charge in [0, 0.05) is 0 Å². The number of hydrogen-bond acceptors (Lipinski definition) is 2. The van der Waals surface area contributed by atoms with E-state index in [-0.39, 0.29) is 23.7 Å². The zero-order valence-electron chi connectivity index (χ0n) is 11.1. The fourth-order valence-electron chi connectivity index (χ4n) is 3.85. The summed E-state index contributed by atoms with van der Waals surface area (Å²) < 4.78 is 6.15. The molecular weight excluding hydrogens is 200 g/mol. The molecule has 2 nitrogen and oxygen atoms in total. The van der Waals surface area contributed by atoms with Gasteiger partial charge in [-0.3, -0.25) is 0 Å². The van der Waals surface area contributed by atoms with E-state index in [4.69, 9.17) is 4.74 Å². The predicted molar refractivity (Wildman–Crippen MR) is 65.3 cm³/mol. The van der Waals surface area contributed by atoms with E-state index in [2.05, 4.69) is 27.7 Å². The van der Waals surface area contributed by atoms with Crippen LogP contribution in [0.2, 0.25) is 0 Å². The zero-order valence-corrected chi connectivity index (χ0v) is 11.1. The van der Waals surface area contributed by atoms with E-state index >= 15 is 0 Å².